The van der Waals surface area contributed by atoms with Crippen molar-refractivity contribution in [3.05, 3.63) is 35.9 Å². The molecule has 1 aromatic rings. The van der Waals surface area contributed by atoms with Gasteiger partial charge in [0, 0.05) is 12.5 Å². The van der Waals surface area contributed by atoms with E-state index in [0.29, 0.717) is 31.6 Å². The molecule has 6 N–H and O–H groups in total. The van der Waals surface area contributed by atoms with E-state index in [1.807, 2.05) is 78.1 Å². The van der Waals surface area contributed by atoms with E-state index >= 15 is 0 Å². The van der Waals surface area contributed by atoms with Crippen molar-refractivity contribution >= 4 is 41.5 Å². The number of ether oxygens (including phenoxy) is 1. The molecular weight excluding hydrogens is 695 g/mol. The van der Waals surface area contributed by atoms with E-state index in [9.17, 15) is 29.1 Å². The Morgan fingerprint density at radius 1 is 0.717 bits per heavy atom. The van der Waals surface area contributed by atoms with Crippen molar-refractivity contribution in [2.75, 3.05) is 12.0 Å². The van der Waals surface area contributed by atoms with Gasteiger partial charge in [-0.25, -0.2) is 4.79 Å². The maximum atomic E-state index is 13.9. The first-order valence-electron chi connectivity index (χ1n) is 19.0. The third kappa shape index (κ3) is 19.0. The molecule has 0 fully saturated rings. The molecule has 0 spiro atoms. The lowest BCUT2D eigenvalue weighted by molar-refractivity contribution is -0.133. The summed E-state index contributed by atoms with van der Waals surface area (Å²) in [5, 5.41) is 26.0. The van der Waals surface area contributed by atoms with Crippen molar-refractivity contribution in [3.63, 3.8) is 0 Å². The number of nitrogens with one attached hydrogen (secondary N) is 5. The van der Waals surface area contributed by atoms with Gasteiger partial charge in [-0.2, -0.15) is 11.8 Å². The second kappa shape index (κ2) is 23.5. The smallest absolute Gasteiger partial charge is 0.408 e. The predicted molar refractivity (Wildman–Crippen MR) is 213 cm³/mol. The molecule has 53 heavy (non-hydrogen) atoms. The Kier molecular flexibility index (Phi) is 21.1. The summed E-state index contributed by atoms with van der Waals surface area (Å²) in [7, 11) is 0. The van der Waals surface area contributed by atoms with Crippen LogP contribution < -0.4 is 26.6 Å². The van der Waals surface area contributed by atoms with E-state index in [2.05, 4.69) is 26.6 Å². The van der Waals surface area contributed by atoms with Crippen molar-refractivity contribution in [3.8, 4) is 0 Å². The van der Waals surface area contributed by atoms with Crippen molar-refractivity contribution in [2.24, 2.45) is 29.6 Å². The van der Waals surface area contributed by atoms with Crippen LogP contribution in [-0.4, -0.2) is 82.7 Å². The summed E-state index contributed by atoms with van der Waals surface area (Å²) in [5.74, 6) is -1.92. The average molecular weight is 764 g/mol. The van der Waals surface area contributed by atoms with Gasteiger partial charge in [-0.05, 0) is 87.7 Å². The number of carbonyl (C=O) groups is 5. The third-order valence-corrected chi connectivity index (χ3v) is 9.24. The largest absolute Gasteiger partial charge is 0.444 e. The molecule has 1 unspecified atom stereocenters. The highest BCUT2D eigenvalue weighted by Gasteiger charge is 2.35. The fourth-order valence-corrected chi connectivity index (χ4v) is 6.35. The van der Waals surface area contributed by atoms with Crippen LogP contribution in [0.15, 0.2) is 30.3 Å². The summed E-state index contributed by atoms with van der Waals surface area (Å²) >= 11 is 1.53. The number of benzene rings is 1. The minimum Gasteiger partial charge on any atom is -0.444 e. The number of amides is 5. The molecule has 302 valence electrons. The van der Waals surface area contributed by atoms with E-state index in [0.717, 1.165) is 5.56 Å². The number of thioether (sulfide) groups is 1. The second-order valence-electron chi connectivity index (χ2n) is 16.5. The van der Waals surface area contributed by atoms with Gasteiger partial charge in [-0.1, -0.05) is 85.7 Å². The Balaban J connectivity index is 3.18. The second-order valence-corrected chi connectivity index (χ2v) is 17.5. The van der Waals surface area contributed by atoms with E-state index in [1.54, 1.807) is 34.6 Å². The van der Waals surface area contributed by atoms with Crippen LogP contribution >= 0.6 is 11.8 Å². The Bertz CT molecular complexity index is 1290. The monoisotopic (exact) mass is 763 g/mol. The van der Waals surface area contributed by atoms with E-state index in [-0.39, 0.29) is 41.9 Å². The van der Waals surface area contributed by atoms with Crippen molar-refractivity contribution < 1.29 is 33.8 Å². The zero-order valence-corrected chi connectivity index (χ0v) is 35.0. The normalized spacial score (nSPS) is 15.3. The molecule has 0 aliphatic heterocycles. The van der Waals surface area contributed by atoms with Crippen LogP contribution in [0.2, 0.25) is 0 Å². The predicted octanol–water partition coefficient (Wildman–Crippen LogP) is 5.18. The fraction of sp³-hybridized carbons (Fsp3) is 0.725. The topological polar surface area (TPSA) is 175 Å². The Morgan fingerprint density at radius 3 is 1.79 bits per heavy atom. The summed E-state index contributed by atoms with van der Waals surface area (Å²) in [6.07, 6.45) is 1.36. The maximum Gasteiger partial charge on any atom is 0.408 e. The number of rotatable bonds is 22. The molecule has 0 saturated heterocycles. The third-order valence-electron chi connectivity index (χ3n) is 8.59. The van der Waals surface area contributed by atoms with E-state index in [4.69, 9.17) is 4.74 Å². The summed E-state index contributed by atoms with van der Waals surface area (Å²) in [4.78, 5) is 66.9. The molecule has 0 heterocycles. The van der Waals surface area contributed by atoms with Crippen LogP contribution in [0, 0.1) is 29.6 Å². The van der Waals surface area contributed by atoms with Gasteiger partial charge in [0.05, 0.1) is 12.1 Å². The van der Waals surface area contributed by atoms with Crippen molar-refractivity contribution in [1.82, 2.24) is 26.6 Å². The molecule has 0 aliphatic rings. The lowest BCUT2D eigenvalue weighted by atomic mass is 9.86. The fourth-order valence-electron chi connectivity index (χ4n) is 5.88. The highest BCUT2D eigenvalue weighted by atomic mass is 32.2. The minimum absolute atomic E-state index is 0.0647. The molecule has 6 atom stereocenters. The summed E-state index contributed by atoms with van der Waals surface area (Å²) in [6.45, 7) is 20.8. The number of carbonyl (C=O) groups excluding carboxylic acids is 5. The molecule has 0 aromatic heterocycles. The standard InChI is InChI=1S/C40H69N5O7S/c1-24(2)20-29(35(47)44-33(26(5)6)37(49)41-23-28-16-14-13-15-17-28)22-32(46)31(21-25(3)4)43-36(48)30(18-19-53-12)42-38(50)34(27(7)8)45-39(51)52-40(9,10)11/h13-17,24-27,29-34,46H,18-23H2,1-12H3,(H,41,49)(H,42,50)(H,43,48)(H,44,47)(H,45,51)/t29-,30?,31+,32+,33+,34+/m1/s1. The molecule has 13 heteroatoms. The first-order valence-corrected chi connectivity index (χ1v) is 20.4. The van der Waals surface area contributed by atoms with Gasteiger partial charge in [-0.3, -0.25) is 19.2 Å². The zero-order chi connectivity index (χ0) is 40.5. The number of alkyl carbamates (subject to hydrolysis) is 1. The van der Waals surface area contributed by atoms with Crippen LogP contribution in [0.3, 0.4) is 0 Å². The molecule has 1 rings (SSSR count). The molecule has 5 amide bonds. The minimum atomic E-state index is -1.09. The number of aliphatic hydroxyl groups excluding tert-OH is 1. The van der Waals surface area contributed by atoms with Gasteiger partial charge >= 0.3 is 6.09 Å². The average Bonchev–Trinajstić information content (AvgIpc) is 3.04. The van der Waals surface area contributed by atoms with Gasteiger partial charge in [0.2, 0.25) is 23.6 Å². The van der Waals surface area contributed by atoms with Crippen molar-refractivity contribution in [1.29, 1.82) is 0 Å². The van der Waals surface area contributed by atoms with Crippen LogP contribution in [0.5, 0.6) is 0 Å². The molecule has 1 aromatic carbocycles. The molecular formula is C40H69N5O7S. The quantitative estimate of drug-likeness (QED) is 0.0938. The first kappa shape index (κ1) is 47.7. The van der Waals surface area contributed by atoms with Crippen LogP contribution in [0.25, 0.3) is 0 Å². The molecule has 0 radical (unpaired) electrons. The van der Waals surface area contributed by atoms with Gasteiger partial charge in [0.1, 0.15) is 23.7 Å². The van der Waals surface area contributed by atoms with Crippen molar-refractivity contribution in [2.45, 2.75) is 144 Å². The summed E-state index contributed by atoms with van der Waals surface area (Å²) < 4.78 is 5.36. The number of hydrogen-bond acceptors (Lipinski definition) is 8. The Morgan fingerprint density at radius 2 is 1.28 bits per heavy atom. The SMILES string of the molecule is CSCCC(NC(=O)[C@@H](NC(=O)OC(C)(C)C)C(C)C)C(=O)N[C@@H](CC(C)C)[C@@H](O)C[C@@H](CC(C)C)C(=O)N[C@H](C(=O)NCc1ccccc1)C(C)C. The highest BCUT2D eigenvalue weighted by molar-refractivity contribution is 7.98. The van der Waals surface area contributed by atoms with Gasteiger partial charge in [-0.15, -0.1) is 0 Å². The zero-order valence-electron chi connectivity index (χ0n) is 34.2. The van der Waals surface area contributed by atoms with E-state index < -0.39 is 59.7 Å². The lowest BCUT2D eigenvalue weighted by Gasteiger charge is -2.32. The molecule has 0 saturated carbocycles. The molecule has 12 nitrogen and oxygen atoms in total. The summed E-state index contributed by atoms with van der Waals surface area (Å²) in [5.41, 5.74) is 0.193. The van der Waals surface area contributed by atoms with Crippen LogP contribution in [-0.2, 0) is 30.5 Å². The highest BCUT2D eigenvalue weighted by Crippen LogP contribution is 2.23. The Hall–Kier alpha value is -3.32. The van der Waals surface area contributed by atoms with Gasteiger partial charge in [0.25, 0.3) is 0 Å². The lowest BCUT2D eigenvalue weighted by Crippen LogP contribution is -2.58. The molecule has 0 bridgehead atoms. The van der Waals surface area contributed by atoms with Gasteiger partial charge in [0.15, 0.2) is 0 Å². The first-order chi connectivity index (χ1) is 24.6. The van der Waals surface area contributed by atoms with E-state index in [1.165, 1.54) is 11.8 Å². The summed E-state index contributed by atoms with van der Waals surface area (Å²) in [6, 6.07) is 6.17. The Labute approximate surface area is 322 Å². The number of hydrogen-bond donors (Lipinski definition) is 6. The van der Waals surface area contributed by atoms with Crippen LogP contribution in [0.1, 0.15) is 107 Å². The van der Waals surface area contributed by atoms with Gasteiger partial charge < -0.3 is 36.4 Å². The van der Waals surface area contributed by atoms with Crippen LogP contribution in [0.4, 0.5) is 4.79 Å². The molecule has 0 aliphatic carbocycles. The number of aliphatic hydroxyl groups is 1. The maximum absolute atomic E-state index is 13.9.